The van der Waals surface area contributed by atoms with Crippen LogP contribution in [-0.2, 0) is 15.1 Å². The zero-order chi connectivity index (χ0) is 12.3. The van der Waals surface area contributed by atoms with Crippen LogP contribution in [0, 0.1) is 11.6 Å². The van der Waals surface area contributed by atoms with E-state index in [4.69, 9.17) is 5.11 Å². The molecule has 0 spiro atoms. The second kappa shape index (κ2) is 4.26. The maximum Gasteiger partial charge on any atom is 0.333 e. The lowest BCUT2D eigenvalue weighted by atomic mass is 9.91. The molecule has 1 aromatic carbocycles. The van der Waals surface area contributed by atoms with Crippen molar-refractivity contribution >= 4 is 12.4 Å². The van der Waals surface area contributed by atoms with E-state index in [1.807, 2.05) is 5.32 Å². The fourth-order valence-corrected chi connectivity index (χ4v) is 1.25. The number of carboxylic acids is 1. The zero-order valence-corrected chi connectivity index (χ0v) is 8.33. The maximum atomic E-state index is 13.4. The average molecular weight is 229 g/mol. The maximum absolute atomic E-state index is 13.4. The molecule has 2 N–H and O–H groups in total. The Labute approximate surface area is 89.9 Å². The number of hydrogen-bond donors (Lipinski definition) is 2. The molecule has 1 amide bonds. The van der Waals surface area contributed by atoms with E-state index in [0.29, 0.717) is 0 Å². The molecule has 16 heavy (non-hydrogen) atoms. The van der Waals surface area contributed by atoms with Gasteiger partial charge in [0, 0.05) is 5.56 Å². The summed E-state index contributed by atoms with van der Waals surface area (Å²) < 4.78 is 26.3. The number of aliphatic carboxylic acids is 1. The van der Waals surface area contributed by atoms with Gasteiger partial charge in [0.25, 0.3) is 0 Å². The Hall–Kier alpha value is -1.98. The first kappa shape index (κ1) is 12.1. The first-order valence-corrected chi connectivity index (χ1v) is 4.32. The van der Waals surface area contributed by atoms with Gasteiger partial charge in [0.05, 0.1) is 0 Å². The van der Waals surface area contributed by atoms with Crippen LogP contribution in [0.1, 0.15) is 12.5 Å². The molecule has 1 aromatic rings. The monoisotopic (exact) mass is 229 g/mol. The van der Waals surface area contributed by atoms with Crippen molar-refractivity contribution in [2.75, 3.05) is 0 Å². The molecule has 1 atom stereocenters. The molecule has 0 aliphatic rings. The van der Waals surface area contributed by atoms with Gasteiger partial charge in [0.2, 0.25) is 6.41 Å². The Morgan fingerprint density at radius 3 is 2.62 bits per heavy atom. The van der Waals surface area contributed by atoms with Crippen molar-refractivity contribution in [3.63, 3.8) is 0 Å². The Balaban J connectivity index is 3.36. The molecule has 1 rings (SSSR count). The molecule has 0 radical (unpaired) electrons. The van der Waals surface area contributed by atoms with Crippen LogP contribution in [0.2, 0.25) is 0 Å². The molecule has 0 aliphatic carbocycles. The van der Waals surface area contributed by atoms with Gasteiger partial charge in [-0.2, -0.15) is 0 Å². The highest BCUT2D eigenvalue weighted by molar-refractivity contribution is 5.82. The van der Waals surface area contributed by atoms with E-state index in [9.17, 15) is 18.4 Å². The highest BCUT2D eigenvalue weighted by Crippen LogP contribution is 2.24. The highest BCUT2D eigenvalue weighted by Gasteiger charge is 2.37. The number of amides is 1. The van der Waals surface area contributed by atoms with Gasteiger partial charge in [0.15, 0.2) is 5.54 Å². The topological polar surface area (TPSA) is 66.4 Å². The summed E-state index contributed by atoms with van der Waals surface area (Å²) in [5, 5.41) is 10.9. The minimum Gasteiger partial charge on any atom is -0.479 e. The molecule has 0 aliphatic heterocycles. The Bertz CT molecular complexity index is 436. The first-order chi connectivity index (χ1) is 7.41. The Kier molecular flexibility index (Phi) is 3.22. The van der Waals surface area contributed by atoms with Crippen molar-refractivity contribution in [3.05, 3.63) is 35.4 Å². The van der Waals surface area contributed by atoms with Crippen LogP contribution in [0.4, 0.5) is 8.78 Å². The summed E-state index contributed by atoms with van der Waals surface area (Å²) in [4.78, 5) is 21.3. The van der Waals surface area contributed by atoms with Gasteiger partial charge in [-0.05, 0) is 25.1 Å². The molecule has 6 heteroatoms. The summed E-state index contributed by atoms with van der Waals surface area (Å²) in [5.41, 5.74) is -2.43. The van der Waals surface area contributed by atoms with Gasteiger partial charge in [-0.1, -0.05) is 0 Å². The smallest absolute Gasteiger partial charge is 0.333 e. The predicted octanol–water partition coefficient (Wildman–Crippen LogP) is 1.01. The van der Waals surface area contributed by atoms with E-state index in [1.165, 1.54) is 0 Å². The van der Waals surface area contributed by atoms with Crippen LogP contribution in [0.15, 0.2) is 18.2 Å². The summed E-state index contributed by atoms with van der Waals surface area (Å²) in [6.45, 7) is 1.07. The van der Waals surface area contributed by atoms with Crippen molar-refractivity contribution in [3.8, 4) is 0 Å². The zero-order valence-electron chi connectivity index (χ0n) is 8.33. The lowest BCUT2D eigenvalue weighted by Crippen LogP contribution is -2.46. The predicted molar refractivity (Wildman–Crippen MR) is 50.5 cm³/mol. The van der Waals surface area contributed by atoms with E-state index in [2.05, 4.69) is 0 Å². The van der Waals surface area contributed by atoms with Gasteiger partial charge in [-0.3, -0.25) is 4.79 Å². The minimum absolute atomic E-state index is 0.123. The third kappa shape index (κ3) is 2.00. The number of nitrogens with one attached hydrogen (secondary N) is 1. The van der Waals surface area contributed by atoms with Crippen LogP contribution >= 0.6 is 0 Å². The largest absolute Gasteiger partial charge is 0.479 e. The van der Waals surface area contributed by atoms with E-state index in [1.54, 1.807) is 0 Å². The number of carbonyl (C=O) groups excluding carboxylic acids is 1. The third-order valence-electron chi connectivity index (χ3n) is 2.24. The summed E-state index contributed by atoms with van der Waals surface area (Å²) in [7, 11) is 0. The number of rotatable bonds is 4. The fraction of sp³-hybridized carbons (Fsp3) is 0.200. The summed E-state index contributed by atoms with van der Waals surface area (Å²) in [6.07, 6.45) is 0.123. The molecular weight excluding hydrogens is 220 g/mol. The molecule has 0 aromatic heterocycles. The number of hydrogen-bond acceptors (Lipinski definition) is 2. The molecular formula is C10H9F2NO3. The Morgan fingerprint density at radius 1 is 1.50 bits per heavy atom. The normalized spacial score (nSPS) is 13.9. The van der Waals surface area contributed by atoms with Crippen molar-refractivity contribution in [1.29, 1.82) is 0 Å². The molecule has 0 heterocycles. The highest BCUT2D eigenvalue weighted by atomic mass is 19.1. The van der Waals surface area contributed by atoms with Gasteiger partial charge < -0.3 is 10.4 Å². The van der Waals surface area contributed by atoms with Crippen LogP contribution < -0.4 is 5.32 Å². The van der Waals surface area contributed by atoms with E-state index >= 15 is 0 Å². The minimum atomic E-state index is -1.99. The van der Waals surface area contributed by atoms with Crippen molar-refractivity contribution in [2.24, 2.45) is 0 Å². The molecule has 86 valence electrons. The van der Waals surface area contributed by atoms with Gasteiger partial charge >= 0.3 is 5.97 Å². The summed E-state index contributed by atoms with van der Waals surface area (Å²) in [5.74, 6) is -3.17. The van der Waals surface area contributed by atoms with E-state index in [-0.39, 0.29) is 6.41 Å². The van der Waals surface area contributed by atoms with Crippen molar-refractivity contribution in [2.45, 2.75) is 12.5 Å². The summed E-state index contributed by atoms with van der Waals surface area (Å²) in [6, 6.07) is 2.40. The van der Waals surface area contributed by atoms with Crippen LogP contribution in [0.5, 0.6) is 0 Å². The number of halogens is 2. The lowest BCUT2D eigenvalue weighted by Gasteiger charge is -2.24. The molecule has 0 saturated carbocycles. The number of carboxylic acid groups (broad SMARTS) is 1. The molecule has 0 fully saturated rings. The standard InChI is InChI=1S/C10H9F2NO3/c1-10(9(15)16,13-5-14)7-4-6(11)2-3-8(7)12/h2-5H,1H3,(H,13,14)(H,15,16). The number of benzene rings is 1. The second-order valence-corrected chi connectivity index (χ2v) is 3.32. The first-order valence-electron chi connectivity index (χ1n) is 4.32. The molecule has 0 bridgehead atoms. The lowest BCUT2D eigenvalue weighted by molar-refractivity contribution is -0.146. The number of carbonyl (C=O) groups is 2. The van der Waals surface area contributed by atoms with Gasteiger partial charge in [-0.25, -0.2) is 13.6 Å². The van der Waals surface area contributed by atoms with Crippen LogP contribution in [0.25, 0.3) is 0 Å². The van der Waals surface area contributed by atoms with Crippen molar-refractivity contribution < 1.29 is 23.5 Å². The fourth-order valence-electron chi connectivity index (χ4n) is 1.25. The van der Waals surface area contributed by atoms with E-state index < -0.39 is 28.7 Å². The molecule has 4 nitrogen and oxygen atoms in total. The molecule has 1 unspecified atom stereocenters. The van der Waals surface area contributed by atoms with Gasteiger partial charge in [0.1, 0.15) is 11.6 Å². The quantitative estimate of drug-likeness (QED) is 0.757. The molecule has 0 saturated heterocycles. The third-order valence-corrected chi connectivity index (χ3v) is 2.24. The Morgan fingerprint density at radius 2 is 2.12 bits per heavy atom. The summed E-state index contributed by atoms with van der Waals surface area (Å²) >= 11 is 0. The van der Waals surface area contributed by atoms with E-state index in [0.717, 1.165) is 25.1 Å². The average Bonchev–Trinajstić information content (AvgIpc) is 2.21. The van der Waals surface area contributed by atoms with Crippen molar-refractivity contribution in [1.82, 2.24) is 5.32 Å². The SMILES string of the molecule is CC(NC=O)(C(=O)O)c1cc(F)ccc1F. The second-order valence-electron chi connectivity index (χ2n) is 3.32. The van der Waals surface area contributed by atoms with Crippen LogP contribution in [0.3, 0.4) is 0 Å². The van der Waals surface area contributed by atoms with Crippen LogP contribution in [-0.4, -0.2) is 17.5 Å². The van der Waals surface area contributed by atoms with Gasteiger partial charge in [-0.15, -0.1) is 0 Å².